The molecule has 0 unspecified atom stereocenters. The van der Waals surface area contributed by atoms with E-state index >= 15 is 0 Å². The van der Waals surface area contributed by atoms with E-state index in [9.17, 15) is 22.4 Å². The van der Waals surface area contributed by atoms with E-state index in [0.717, 1.165) is 31.2 Å². The third-order valence-electron chi connectivity index (χ3n) is 2.94. The molecule has 0 aromatic heterocycles. The van der Waals surface area contributed by atoms with Gasteiger partial charge in [0.05, 0.1) is 5.56 Å². The Morgan fingerprint density at radius 2 is 1.76 bits per heavy atom. The summed E-state index contributed by atoms with van der Waals surface area (Å²) in [4.78, 5) is 11.3. The molecule has 0 amide bonds. The summed E-state index contributed by atoms with van der Waals surface area (Å²) in [6, 6.07) is 6.61. The Hall–Kier alpha value is -1.88. The van der Waals surface area contributed by atoms with Crippen LogP contribution in [-0.4, -0.2) is 5.78 Å². The average Bonchev–Trinajstić information content (AvgIpc) is 2.40. The van der Waals surface area contributed by atoms with Gasteiger partial charge in [0.15, 0.2) is 5.78 Å². The van der Waals surface area contributed by atoms with Crippen molar-refractivity contribution in [1.29, 1.82) is 0 Å². The molecule has 0 heterocycles. The van der Waals surface area contributed by atoms with Crippen LogP contribution in [0.5, 0.6) is 0 Å². The summed E-state index contributed by atoms with van der Waals surface area (Å²) in [5, 5.41) is 0.125. The minimum Gasteiger partial charge on any atom is -0.294 e. The molecule has 1 nitrogen and oxygen atoms in total. The second-order valence-corrected chi connectivity index (χ2v) is 4.85. The van der Waals surface area contributed by atoms with Crippen molar-refractivity contribution in [3.8, 4) is 11.1 Å². The Balaban J connectivity index is 2.67. The summed E-state index contributed by atoms with van der Waals surface area (Å²) in [5.41, 5.74) is -1.26. The summed E-state index contributed by atoms with van der Waals surface area (Å²) in [6.45, 7) is 1.05. The molecule has 2 aromatic rings. The van der Waals surface area contributed by atoms with Gasteiger partial charge in [0.1, 0.15) is 5.82 Å². The molecule has 21 heavy (non-hydrogen) atoms. The first kappa shape index (κ1) is 15.5. The quantitative estimate of drug-likeness (QED) is 0.538. The number of carbonyl (C=O) groups is 1. The predicted octanol–water partition coefficient (Wildman–Crippen LogP) is 5.37. The van der Waals surface area contributed by atoms with E-state index in [1.165, 1.54) is 12.1 Å². The number of halogens is 5. The average molecular weight is 317 g/mol. The van der Waals surface area contributed by atoms with Crippen molar-refractivity contribution in [2.45, 2.75) is 13.1 Å². The zero-order valence-corrected chi connectivity index (χ0v) is 11.5. The highest BCUT2D eigenvalue weighted by Crippen LogP contribution is 2.37. The zero-order valence-electron chi connectivity index (χ0n) is 10.8. The first-order valence-corrected chi connectivity index (χ1v) is 6.25. The van der Waals surface area contributed by atoms with Crippen LogP contribution in [0.15, 0.2) is 36.4 Å². The van der Waals surface area contributed by atoms with Gasteiger partial charge in [-0.25, -0.2) is 4.39 Å². The SMILES string of the molecule is CC(=O)c1ccc(-c2cc(F)ccc2Cl)cc1C(F)(F)F. The minimum atomic E-state index is -4.68. The number of hydrogen-bond donors (Lipinski definition) is 0. The molecular formula is C15H9ClF4O. The number of hydrogen-bond acceptors (Lipinski definition) is 1. The molecule has 0 bridgehead atoms. The van der Waals surface area contributed by atoms with Gasteiger partial charge in [-0.2, -0.15) is 13.2 Å². The zero-order chi connectivity index (χ0) is 15.8. The number of carbonyl (C=O) groups excluding carboxylic acids is 1. The van der Waals surface area contributed by atoms with E-state index in [-0.39, 0.29) is 16.1 Å². The first-order valence-electron chi connectivity index (χ1n) is 5.88. The molecule has 0 aliphatic heterocycles. The molecule has 0 aliphatic rings. The van der Waals surface area contributed by atoms with E-state index in [1.54, 1.807) is 0 Å². The normalized spacial score (nSPS) is 11.5. The highest BCUT2D eigenvalue weighted by molar-refractivity contribution is 6.33. The van der Waals surface area contributed by atoms with Crippen LogP contribution in [0.4, 0.5) is 17.6 Å². The van der Waals surface area contributed by atoms with Crippen molar-refractivity contribution < 1.29 is 22.4 Å². The number of alkyl halides is 3. The largest absolute Gasteiger partial charge is 0.417 e. The lowest BCUT2D eigenvalue weighted by atomic mass is 9.97. The van der Waals surface area contributed by atoms with E-state index < -0.39 is 28.9 Å². The topological polar surface area (TPSA) is 17.1 Å². The van der Waals surface area contributed by atoms with Crippen molar-refractivity contribution in [2.75, 3.05) is 0 Å². The lowest BCUT2D eigenvalue weighted by Crippen LogP contribution is -2.11. The minimum absolute atomic E-state index is 0.0943. The number of benzene rings is 2. The maximum Gasteiger partial charge on any atom is 0.417 e. The molecule has 0 saturated carbocycles. The van der Waals surface area contributed by atoms with Gasteiger partial charge in [0, 0.05) is 16.1 Å². The predicted molar refractivity (Wildman–Crippen MR) is 71.9 cm³/mol. The molecule has 0 saturated heterocycles. The number of ketones is 1. The molecule has 6 heteroatoms. The van der Waals surface area contributed by atoms with Gasteiger partial charge in [-0.15, -0.1) is 0 Å². The Labute approximate surface area is 123 Å². The van der Waals surface area contributed by atoms with Crippen LogP contribution in [0, 0.1) is 5.82 Å². The smallest absolute Gasteiger partial charge is 0.294 e. The maximum absolute atomic E-state index is 13.2. The molecule has 0 fully saturated rings. The van der Waals surface area contributed by atoms with Gasteiger partial charge in [-0.3, -0.25) is 4.79 Å². The van der Waals surface area contributed by atoms with Crippen LogP contribution in [-0.2, 0) is 6.18 Å². The van der Waals surface area contributed by atoms with Crippen LogP contribution < -0.4 is 0 Å². The van der Waals surface area contributed by atoms with Gasteiger partial charge in [0.25, 0.3) is 0 Å². The summed E-state index contributed by atoms with van der Waals surface area (Å²) in [7, 11) is 0. The molecule has 0 spiro atoms. The fourth-order valence-electron chi connectivity index (χ4n) is 1.97. The Bertz CT molecular complexity index is 707. The van der Waals surface area contributed by atoms with E-state index in [4.69, 9.17) is 11.6 Å². The maximum atomic E-state index is 13.2. The second-order valence-electron chi connectivity index (χ2n) is 4.44. The van der Waals surface area contributed by atoms with Crippen molar-refractivity contribution in [3.63, 3.8) is 0 Å². The Kier molecular flexibility index (Phi) is 4.05. The molecule has 0 N–H and O–H groups in total. The molecular weight excluding hydrogens is 308 g/mol. The molecule has 2 rings (SSSR count). The number of Topliss-reactive ketones (excluding diaryl/α,β-unsaturated/α-hetero) is 1. The lowest BCUT2D eigenvalue weighted by Gasteiger charge is -2.13. The molecule has 0 aliphatic carbocycles. The summed E-state index contributed by atoms with van der Waals surface area (Å²) in [6.07, 6.45) is -4.68. The Morgan fingerprint density at radius 1 is 1.10 bits per heavy atom. The molecule has 2 aromatic carbocycles. The van der Waals surface area contributed by atoms with Crippen LogP contribution in [0.25, 0.3) is 11.1 Å². The van der Waals surface area contributed by atoms with Crippen molar-refractivity contribution in [2.24, 2.45) is 0 Å². The Morgan fingerprint density at radius 3 is 2.33 bits per heavy atom. The third-order valence-corrected chi connectivity index (χ3v) is 3.27. The van der Waals surface area contributed by atoms with Gasteiger partial charge in [-0.05, 0) is 36.8 Å². The van der Waals surface area contributed by atoms with E-state index in [0.29, 0.717) is 0 Å². The van der Waals surface area contributed by atoms with E-state index in [2.05, 4.69) is 0 Å². The van der Waals surface area contributed by atoms with Crippen LogP contribution >= 0.6 is 11.6 Å². The van der Waals surface area contributed by atoms with Gasteiger partial charge in [-0.1, -0.05) is 23.7 Å². The van der Waals surface area contributed by atoms with Crippen molar-refractivity contribution in [1.82, 2.24) is 0 Å². The first-order chi connectivity index (χ1) is 9.70. The third kappa shape index (κ3) is 3.24. The molecule has 0 radical (unpaired) electrons. The fourth-order valence-corrected chi connectivity index (χ4v) is 2.20. The number of rotatable bonds is 2. The second kappa shape index (κ2) is 5.48. The van der Waals surface area contributed by atoms with Crippen LogP contribution in [0.3, 0.4) is 0 Å². The highest BCUT2D eigenvalue weighted by Gasteiger charge is 2.34. The van der Waals surface area contributed by atoms with E-state index in [1.807, 2.05) is 0 Å². The van der Waals surface area contributed by atoms with Crippen molar-refractivity contribution in [3.05, 3.63) is 58.4 Å². The molecule has 0 atom stereocenters. The van der Waals surface area contributed by atoms with Gasteiger partial charge in [0.2, 0.25) is 0 Å². The van der Waals surface area contributed by atoms with Crippen molar-refractivity contribution >= 4 is 17.4 Å². The van der Waals surface area contributed by atoms with Gasteiger partial charge < -0.3 is 0 Å². The highest BCUT2D eigenvalue weighted by atomic mass is 35.5. The summed E-state index contributed by atoms with van der Waals surface area (Å²) >= 11 is 5.88. The summed E-state index contributed by atoms with van der Waals surface area (Å²) in [5.74, 6) is -1.31. The lowest BCUT2D eigenvalue weighted by molar-refractivity contribution is -0.137. The summed E-state index contributed by atoms with van der Waals surface area (Å²) < 4.78 is 52.3. The monoisotopic (exact) mass is 316 g/mol. The van der Waals surface area contributed by atoms with Gasteiger partial charge >= 0.3 is 6.18 Å². The fraction of sp³-hybridized carbons (Fsp3) is 0.133. The molecule has 110 valence electrons. The van der Waals surface area contributed by atoms with Crippen LogP contribution in [0.2, 0.25) is 5.02 Å². The van der Waals surface area contributed by atoms with Crippen LogP contribution in [0.1, 0.15) is 22.8 Å². The standard InChI is InChI=1S/C15H9ClF4O/c1-8(21)11-4-2-9(6-13(11)15(18,19)20)12-7-10(17)3-5-14(12)16/h2-7H,1H3.